The first kappa shape index (κ1) is 17.0. The van der Waals surface area contributed by atoms with Gasteiger partial charge in [-0.15, -0.1) is 0 Å². The van der Waals surface area contributed by atoms with Crippen LogP contribution in [0.3, 0.4) is 0 Å². The number of nitrogen functional groups attached to an aromatic ring is 1. The molecule has 0 radical (unpaired) electrons. The van der Waals surface area contributed by atoms with Crippen molar-refractivity contribution in [2.24, 2.45) is 7.05 Å². The number of hydrogen-bond donors (Lipinski definition) is 3. The van der Waals surface area contributed by atoms with Crippen LogP contribution in [-0.4, -0.2) is 34.4 Å². The molecule has 0 bridgehead atoms. The molecule has 0 saturated heterocycles. The standard InChI is InChI=1S/C16H20N4O2.CH4/c1-18-15(22)12-13(19-20(2)14(12)17)10-3-5-11(6-4-10)16(9-21)7-8-16;/h3-6,21H,7-9,17H2,1-2H3,(H,18,22);1H4. The second kappa shape index (κ2) is 6.04. The van der Waals surface area contributed by atoms with E-state index >= 15 is 0 Å². The van der Waals surface area contributed by atoms with Gasteiger partial charge in [0.05, 0.1) is 6.61 Å². The summed E-state index contributed by atoms with van der Waals surface area (Å²) in [5.74, 6) is 0.0890. The fourth-order valence-corrected chi connectivity index (χ4v) is 2.76. The highest BCUT2D eigenvalue weighted by molar-refractivity contribution is 6.04. The summed E-state index contributed by atoms with van der Waals surface area (Å²) in [7, 11) is 3.28. The molecular weight excluding hydrogens is 292 g/mol. The van der Waals surface area contributed by atoms with Gasteiger partial charge < -0.3 is 16.2 Å². The van der Waals surface area contributed by atoms with Gasteiger partial charge in [0, 0.05) is 25.1 Å². The molecule has 1 heterocycles. The molecule has 1 amide bonds. The van der Waals surface area contributed by atoms with Gasteiger partial charge in [0.15, 0.2) is 0 Å². The molecule has 1 fully saturated rings. The maximum atomic E-state index is 12.0. The zero-order chi connectivity index (χ0) is 15.9. The number of aliphatic hydroxyl groups is 1. The van der Waals surface area contributed by atoms with Crippen LogP contribution in [0, 0.1) is 0 Å². The molecule has 1 aliphatic carbocycles. The Hall–Kier alpha value is -2.34. The smallest absolute Gasteiger partial charge is 0.257 e. The lowest BCUT2D eigenvalue weighted by molar-refractivity contribution is 0.0964. The number of benzene rings is 1. The summed E-state index contributed by atoms with van der Waals surface area (Å²) in [6.07, 6.45) is 2.03. The zero-order valence-corrected chi connectivity index (χ0v) is 12.8. The minimum atomic E-state index is -0.251. The average Bonchev–Trinajstić information content (AvgIpc) is 3.29. The van der Waals surface area contributed by atoms with E-state index < -0.39 is 0 Å². The minimum Gasteiger partial charge on any atom is -0.395 e. The number of rotatable bonds is 4. The van der Waals surface area contributed by atoms with Gasteiger partial charge in [-0.1, -0.05) is 31.7 Å². The lowest BCUT2D eigenvalue weighted by Gasteiger charge is -2.12. The third kappa shape index (κ3) is 2.70. The van der Waals surface area contributed by atoms with Gasteiger partial charge in [0.1, 0.15) is 17.1 Å². The van der Waals surface area contributed by atoms with E-state index in [0.717, 1.165) is 24.0 Å². The molecule has 6 nitrogen and oxygen atoms in total. The Morgan fingerprint density at radius 2 is 2.00 bits per heavy atom. The summed E-state index contributed by atoms with van der Waals surface area (Å²) in [5, 5.41) is 16.5. The van der Waals surface area contributed by atoms with Crippen molar-refractivity contribution < 1.29 is 9.90 Å². The number of hydrogen-bond acceptors (Lipinski definition) is 4. The lowest BCUT2D eigenvalue weighted by atomic mass is 9.95. The normalized spacial score (nSPS) is 14.9. The summed E-state index contributed by atoms with van der Waals surface area (Å²) in [5.41, 5.74) is 8.81. The van der Waals surface area contributed by atoms with Gasteiger partial charge >= 0.3 is 0 Å². The van der Waals surface area contributed by atoms with Crippen LogP contribution in [0.2, 0.25) is 0 Å². The van der Waals surface area contributed by atoms with Gasteiger partial charge in [0.25, 0.3) is 5.91 Å². The number of nitrogens with two attached hydrogens (primary N) is 1. The van der Waals surface area contributed by atoms with E-state index in [-0.39, 0.29) is 25.4 Å². The van der Waals surface area contributed by atoms with Gasteiger partial charge in [-0.05, 0) is 18.4 Å². The monoisotopic (exact) mass is 316 g/mol. The SMILES string of the molecule is C.CNC(=O)c1c(-c2ccc(C3(CO)CC3)cc2)nn(C)c1N. The lowest BCUT2D eigenvalue weighted by Crippen LogP contribution is -2.19. The van der Waals surface area contributed by atoms with E-state index in [9.17, 15) is 9.90 Å². The van der Waals surface area contributed by atoms with Crippen molar-refractivity contribution in [2.75, 3.05) is 19.4 Å². The second-order valence-electron chi connectivity index (χ2n) is 5.83. The first-order valence-electron chi connectivity index (χ1n) is 7.29. The van der Waals surface area contributed by atoms with E-state index in [0.29, 0.717) is 17.1 Å². The molecule has 23 heavy (non-hydrogen) atoms. The van der Waals surface area contributed by atoms with Crippen LogP contribution < -0.4 is 11.1 Å². The Morgan fingerprint density at radius 3 is 2.48 bits per heavy atom. The van der Waals surface area contributed by atoms with E-state index in [1.165, 1.54) is 4.68 Å². The number of nitrogens with one attached hydrogen (secondary N) is 1. The van der Waals surface area contributed by atoms with E-state index in [1.54, 1.807) is 14.1 Å². The van der Waals surface area contributed by atoms with Crippen LogP contribution in [0.15, 0.2) is 24.3 Å². The Labute approximate surface area is 136 Å². The molecule has 0 atom stereocenters. The maximum Gasteiger partial charge on any atom is 0.257 e. The molecule has 0 unspecified atom stereocenters. The largest absolute Gasteiger partial charge is 0.395 e. The molecule has 1 aliphatic rings. The third-order valence-corrected chi connectivity index (χ3v) is 4.47. The van der Waals surface area contributed by atoms with Crippen molar-refractivity contribution in [3.63, 3.8) is 0 Å². The van der Waals surface area contributed by atoms with Crippen molar-refractivity contribution in [3.05, 3.63) is 35.4 Å². The van der Waals surface area contributed by atoms with E-state index in [2.05, 4.69) is 10.4 Å². The van der Waals surface area contributed by atoms with Crippen molar-refractivity contribution in [3.8, 4) is 11.3 Å². The second-order valence-corrected chi connectivity index (χ2v) is 5.83. The molecule has 1 saturated carbocycles. The zero-order valence-electron chi connectivity index (χ0n) is 12.8. The summed E-state index contributed by atoms with van der Waals surface area (Å²) in [4.78, 5) is 12.0. The van der Waals surface area contributed by atoms with Gasteiger partial charge in [-0.3, -0.25) is 9.48 Å². The molecule has 1 aromatic heterocycles. The quantitative estimate of drug-likeness (QED) is 0.800. The Bertz CT molecular complexity index is 715. The van der Waals surface area contributed by atoms with Crippen molar-refractivity contribution in [1.82, 2.24) is 15.1 Å². The number of carbonyl (C=O) groups is 1. The molecule has 0 aliphatic heterocycles. The molecule has 4 N–H and O–H groups in total. The Morgan fingerprint density at radius 1 is 1.39 bits per heavy atom. The highest BCUT2D eigenvalue weighted by Crippen LogP contribution is 2.47. The average molecular weight is 316 g/mol. The number of amides is 1. The van der Waals surface area contributed by atoms with Crippen LogP contribution in [0.4, 0.5) is 5.82 Å². The topological polar surface area (TPSA) is 93.2 Å². The maximum absolute atomic E-state index is 12.0. The summed E-state index contributed by atoms with van der Waals surface area (Å²) in [6, 6.07) is 7.85. The molecule has 1 aromatic carbocycles. The Balaban J connectivity index is 0.00000192. The number of nitrogens with zero attached hydrogens (tertiary/aromatic N) is 2. The van der Waals surface area contributed by atoms with Gasteiger partial charge in [0.2, 0.25) is 0 Å². The fourth-order valence-electron chi connectivity index (χ4n) is 2.76. The molecule has 2 aromatic rings. The number of carbonyl (C=O) groups excluding carboxylic acids is 1. The van der Waals surface area contributed by atoms with E-state index in [4.69, 9.17) is 5.73 Å². The number of anilines is 1. The van der Waals surface area contributed by atoms with Crippen LogP contribution in [0.25, 0.3) is 11.3 Å². The van der Waals surface area contributed by atoms with Gasteiger partial charge in [-0.2, -0.15) is 5.10 Å². The summed E-state index contributed by atoms with van der Waals surface area (Å²) < 4.78 is 1.50. The van der Waals surface area contributed by atoms with E-state index in [1.807, 2.05) is 24.3 Å². The van der Waals surface area contributed by atoms with Crippen LogP contribution in [-0.2, 0) is 12.5 Å². The number of aliphatic hydroxyl groups excluding tert-OH is 1. The highest BCUT2D eigenvalue weighted by atomic mass is 16.3. The molecule has 3 rings (SSSR count). The summed E-state index contributed by atoms with van der Waals surface area (Å²) in [6.45, 7) is 0.173. The van der Waals surface area contributed by atoms with Crippen molar-refractivity contribution in [2.45, 2.75) is 25.7 Å². The molecule has 124 valence electrons. The highest BCUT2D eigenvalue weighted by Gasteiger charge is 2.43. The molecule has 0 spiro atoms. The van der Waals surface area contributed by atoms with Crippen LogP contribution >= 0.6 is 0 Å². The minimum absolute atomic E-state index is 0. The van der Waals surface area contributed by atoms with Gasteiger partial charge in [-0.25, -0.2) is 0 Å². The third-order valence-electron chi connectivity index (χ3n) is 4.47. The van der Waals surface area contributed by atoms with Crippen LogP contribution in [0.1, 0.15) is 36.2 Å². The summed E-state index contributed by atoms with van der Waals surface area (Å²) >= 11 is 0. The number of aryl methyl sites for hydroxylation is 1. The first-order valence-corrected chi connectivity index (χ1v) is 7.29. The predicted octanol–water partition coefficient (Wildman–Crippen LogP) is 1.69. The van der Waals surface area contributed by atoms with Crippen molar-refractivity contribution >= 4 is 11.7 Å². The first-order chi connectivity index (χ1) is 10.5. The molecule has 6 heteroatoms. The van der Waals surface area contributed by atoms with Crippen molar-refractivity contribution in [1.29, 1.82) is 0 Å². The predicted molar refractivity (Wildman–Crippen MR) is 91.2 cm³/mol. The Kier molecular flexibility index (Phi) is 4.47. The fraction of sp³-hybridized carbons (Fsp3) is 0.412. The van der Waals surface area contributed by atoms with Crippen LogP contribution in [0.5, 0.6) is 0 Å². The molecular formula is C17H24N4O2. The number of aromatic nitrogens is 2.